The monoisotopic (exact) mass is 1010 g/mol. The number of esters is 2. The fourth-order valence-electron chi connectivity index (χ4n) is 7.75. The Morgan fingerprint density at radius 2 is 0.803 bits per heavy atom. The van der Waals surface area contributed by atoms with E-state index in [1.54, 1.807) is 0 Å². The zero-order valence-corrected chi connectivity index (χ0v) is 47.3. The molecule has 9 nitrogen and oxygen atoms in total. The smallest absolute Gasteiger partial charge is 0.306 e. The molecule has 0 aliphatic heterocycles. The number of likely N-dealkylation sites (N-methyl/N-ethyl adjacent to an activating group) is 1. The van der Waals surface area contributed by atoms with Gasteiger partial charge in [0.2, 0.25) is 0 Å². The average molecular weight is 1010 g/mol. The van der Waals surface area contributed by atoms with Gasteiger partial charge in [-0.3, -0.25) is 14.2 Å². The van der Waals surface area contributed by atoms with Gasteiger partial charge in [0.15, 0.2) is 6.10 Å². The molecule has 0 amide bonds. The minimum Gasteiger partial charge on any atom is -0.756 e. The molecule has 0 fully saturated rings. The van der Waals surface area contributed by atoms with Gasteiger partial charge >= 0.3 is 11.9 Å². The van der Waals surface area contributed by atoms with E-state index in [-0.39, 0.29) is 32.0 Å². The van der Waals surface area contributed by atoms with Crippen molar-refractivity contribution in [3.63, 3.8) is 0 Å². The molecule has 0 radical (unpaired) electrons. The summed E-state index contributed by atoms with van der Waals surface area (Å²) in [5.74, 6) is -0.832. The molecular weight excluding hydrogens is 906 g/mol. The molecule has 0 saturated carbocycles. The van der Waals surface area contributed by atoms with Crippen LogP contribution < -0.4 is 4.89 Å². The van der Waals surface area contributed by atoms with Gasteiger partial charge in [-0.05, 0) is 70.6 Å². The van der Waals surface area contributed by atoms with Gasteiger partial charge < -0.3 is 27.9 Å². The second kappa shape index (κ2) is 52.1. The number of nitrogens with zero attached hydrogens (tertiary/aromatic N) is 1. The van der Waals surface area contributed by atoms with Crippen molar-refractivity contribution >= 4 is 19.8 Å². The number of ether oxygens (including phenoxy) is 2. The van der Waals surface area contributed by atoms with E-state index in [9.17, 15) is 19.0 Å². The van der Waals surface area contributed by atoms with Crippen LogP contribution in [-0.4, -0.2) is 70.0 Å². The molecule has 0 heterocycles. The van der Waals surface area contributed by atoms with Crippen LogP contribution in [0.15, 0.2) is 85.1 Å². The van der Waals surface area contributed by atoms with Crippen LogP contribution in [0, 0.1) is 0 Å². The number of phosphoric acid groups is 1. The van der Waals surface area contributed by atoms with Gasteiger partial charge in [-0.15, -0.1) is 0 Å². The van der Waals surface area contributed by atoms with E-state index in [0.29, 0.717) is 17.4 Å². The molecule has 0 aromatic heterocycles. The van der Waals surface area contributed by atoms with Crippen molar-refractivity contribution in [1.29, 1.82) is 0 Å². The molecule has 0 rings (SSSR count). The number of carbonyl (C=O) groups excluding carboxylic acids is 2. The highest BCUT2D eigenvalue weighted by atomic mass is 31.2. The summed E-state index contributed by atoms with van der Waals surface area (Å²) in [7, 11) is 1.17. The second-order valence-electron chi connectivity index (χ2n) is 20.3. The third-order valence-corrected chi connectivity index (χ3v) is 13.1. The van der Waals surface area contributed by atoms with Gasteiger partial charge in [0.25, 0.3) is 7.82 Å². The summed E-state index contributed by atoms with van der Waals surface area (Å²) < 4.78 is 34.0. The van der Waals surface area contributed by atoms with Crippen molar-refractivity contribution < 1.29 is 42.1 Å². The normalized spacial score (nSPS) is 13.9. The molecule has 0 aliphatic rings. The van der Waals surface area contributed by atoms with E-state index in [1.807, 2.05) is 21.1 Å². The summed E-state index contributed by atoms with van der Waals surface area (Å²) in [5.41, 5.74) is 0. The highest BCUT2D eigenvalue weighted by Crippen LogP contribution is 2.38. The zero-order valence-electron chi connectivity index (χ0n) is 46.4. The van der Waals surface area contributed by atoms with Gasteiger partial charge in [-0.25, -0.2) is 0 Å². The van der Waals surface area contributed by atoms with Gasteiger partial charge in [0.05, 0.1) is 27.7 Å². The first-order valence-electron chi connectivity index (χ1n) is 28.8. The fraction of sp³-hybridized carbons (Fsp3) is 0.738. The maximum Gasteiger partial charge on any atom is 0.306 e. The van der Waals surface area contributed by atoms with Crippen LogP contribution in [0.25, 0.3) is 0 Å². The lowest BCUT2D eigenvalue weighted by Gasteiger charge is -2.28. The Labute approximate surface area is 437 Å². The Hall–Kier alpha value is -2.81. The zero-order chi connectivity index (χ0) is 52.0. The van der Waals surface area contributed by atoms with Gasteiger partial charge in [-0.2, -0.15) is 0 Å². The summed E-state index contributed by atoms with van der Waals surface area (Å²) >= 11 is 0. The molecule has 0 spiro atoms. The van der Waals surface area contributed by atoms with Crippen LogP contribution in [0.4, 0.5) is 0 Å². The minimum atomic E-state index is -4.63. The summed E-state index contributed by atoms with van der Waals surface area (Å²) in [4.78, 5) is 37.7. The number of rotatable bonds is 52. The molecule has 0 bridgehead atoms. The van der Waals surface area contributed by atoms with Crippen LogP contribution in [0.2, 0.25) is 0 Å². The number of carbonyl (C=O) groups is 2. The van der Waals surface area contributed by atoms with Crippen LogP contribution in [-0.2, 0) is 32.7 Å². The lowest BCUT2D eigenvalue weighted by molar-refractivity contribution is -0.870. The number of hydrogen-bond donors (Lipinski definition) is 0. The highest BCUT2D eigenvalue weighted by Gasteiger charge is 2.21. The van der Waals surface area contributed by atoms with E-state index < -0.39 is 26.5 Å². The van der Waals surface area contributed by atoms with Crippen molar-refractivity contribution in [3.05, 3.63) is 85.1 Å². The third-order valence-electron chi connectivity index (χ3n) is 12.2. The molecule has 10 heteroatoms. The molecule has 0 saturated heterocycles. The number of phosphoric ester groups is 1. The number of allylic oxidation sites excluding steroid dienone is 14. The van der Waals surface area contributed by atoms with Crippen molar-refractivity contribution in [2.45, 2.75) is 245 Å². The highest BCUT2D eigenvalue weighted by molar-refractivity contribution is 7.45. The van der Waals surface area contributed by atoms with Gasteiger partial charge in [0, 0.05) is 12.8 Å². The van der Waals surface area contributed by atoms with Gasteiger partial charge in [-0.1, -0.05) is 240 Å². The van der Waals surface area contributed by atoms with Gasteiger partial charge in [0.1, 0.15) is 19.8 Å². The molecule has 2 unspecified atom stereocenters. The lowest BCUT2D eigenvalue weighted by atomic mass is 10.0. The number of unbranched alkanes of at least 4 members (excludes halogenated alkanes) is 24. The Kier molecular flexibility index (Phi) is 50.0. The molecular formula is C61H108NO8P. The van der Waals surface area contributed by atoms with Crippen LogP contribution in [0.1, 0.15) is 239 Å². The Morgan fingerprint density at radius 1 is 0.451 bits per heavy atom. The predicted molar refractivity (Wildman–Crippen MR) is 300 cm³/mol. The molecule has 0 aromatic carbocycles. The molecule has 0 aliphatic carbocycles. The Balaban J connectivity index is 3.98. The second-order valence-corrected chi connectivity index (χ2v) is 21.7. The summed E-state index contributed by atoms with van der Waals surface area (Å²) in [5, 5.41) is 0. The number of hydrogen-bond acceptors (Lipinski definition) is 8. The molecule has 2 atom stereocenters. The van der Waals surface area contributed by atoms with Crippen molar-refractivity contribution in [2.75, 3.05) is 47.5 Å². The van der Waals surface area contributed by atoms with E-state index in [2.05, 4.69) is 98.9 Å². The molecule has 0 N–H and O–H groups in total. The molecule has 71 heavy (non-hydrogen) atoms. The lowest BCUT2D eigenvalue weighted by Crippen LogP contribution is -2.37. The summed E-state index contributed by atoms with van der Waals surface area (Å²) in [6, 6.07) is 0. The predicted octanol–water partition coefficient (Wildman–Crippen LogP) is 17.2. The van der Waals surface area contributed by atoms with E-state index in [4.69, 9.17) is 18.5 Å². The SMILES string of the molecule is CC/C=C\C/C=C\C/C=C\C/C=C\C/C=C\C/C=C\C/C=C\CCCCCCCCCCCCCCCCCC(=O)OC(COC(=O)CCCCCCCCCCCC)COP(=O)([O-])OCC[N+](C)(C)C. The first kappa shape index (κ1) is 68.2. The van der Waals surface area contributed by atoms with E-state index in [1.165, 1.54) is 122 Å². The minimum absolute atomic E-state index is 0.0315. The summed E-state index contributed by atoms with van der Waals surface area (Å²) in [6.07, 6.45) is 69.4. The van der Waals surface area contributed by atoms with Crippen molar-refractivity contribution in [3.8, 4) is 0 Å². The largest absolute Gasteiger partial charge is 0.756 e. The Bertz CT molecular complexity index is 1470. The first-order chi connectivity index (χ1) is 34.5. The van der Waals surface area contributed by atoms with Crippen LogP contribution in [0.5, 0.6) is 0 Å². The van der Waals surface area contributed by atoms with Crippen molar-refractivity contribution in [1.82, 2.24) is 0 Å². The molecule has 410 valence electrons. The van der Waals surface area contributed by atoms with Crippen LogP contribution >= 0.6 is 7.82 Å². The standard InChI is InChI=1S/C61H108NO8P/c1-6-8-10-12-14-16-18-19-20-21-22-23-24-25-26-27-28-29-30-31-32-33-34-35-36-37-38-39-40-41-42-43-44-46-48-50-52-54-61(64)70-59(58-69-71(65,66)68-56-55-62(3,4)5)57-67-60(63)53-51-49-47-45-17-15-13-11-9-7-2/h8,10,14,16,19-20,22-23,25-26,28-29,31-32,59H,6-7,9,11-13,15,17-18,21,24,27,30,33-58H2,1-5H3/b10-8-,16-14-,20-19-,23-22-,26-25-,29-28-,32-31-. The maximum absolute atomic E-state index is 12.8. The summed E-state index contributed by atoms with van der Waals surface area (Å²) in [6.45, 7) is 4.11. The van der Waals surface area contributed by atoms with E-state index >= 15 is 0 Å². The third kappa shape index (κ3) is 56.3. The average Bonchev–Trinajstić information content (AvgIpc) is 3.33. The first-order valence-corrected chi connectivity index (χ1v) is 30.3. The number of quaternary nitrogens is 1. The fourth-order valence-corrected chi connectivity index (χ4v) is 8.48. The topological polar surface area (TPSA) is 111 Å². The van der Waals surface area contributed by atoms with E-state index in [0.717, 1.165) is 83.5 Å². The van der Waals surface area contributed by atoms with Crippen LogP contribution in [0.3, 0.4) is 0 Å². The quantitative estimate of drug-likeness (QED) is 0.0195. The molecule has 0 aromatic rings. The van der Waals surface area contributed by atoms with Crippen molar-refractivity contribution in [2.24, 2.45) is 0 Å². The maximum atomic E-state index is 12.8. The Morgan fingerprint density at radius 3 is 1.20 bits per heavy atom.